The van der Waals surface area contributed by atoms with E-state index in [1.807, 2.05) is 6.07 Å². The van der Waals surface area contributed by atoms with Crippen molar-refractivity contribution >= 4 is 21.9 Å². The molecule has 78 valence electrons. The first kappa shape index (κ1) is 11.3. The Labute approximate surface area is 90.2 Å². The molecule has 1 heterocycles. The van der Waals surface area contributed by atoms with Crippen molar-refractivity contribution in [3.05, 3.63) is 22.6 Å². The average Bonchev–Trinajstić information content (AvgIpc) is 2.48. The Hall–Kier alpha value is -0.810. The molecule has 0 aliphatic rings. The molecule has 0 saturated heterocycles. The molecule has 0 spiro atoms. The predicted molar refractivity (Wildman–Crippen MR) is 55.0 cm³/mol. The number of carboxylic acid groups (broad SMARTS) is 1. The first-order chi connectivity index (χ1) is 6.58. The van der Waals surface area contributed by atoms with E-state index < -0.39 is 5.97 Å². The fourth-order valence-corrected chi connectivity index (χ4v) is 1.47. The summed E-state index contributed by atoms with van der Waals surface area (Å²) in [7, 11) is 0. The lowest BCUT2D eigenvalue weighted by Gasteiger charge is -2.07. The Morgan fingerprint density at radius 2 is 2.36 bits per heavy atom. The maximum absolute atomic E-state index is 10.3. The number of hydrogen-bond donors (Lipinski definition) is 2. The summed E-state index contributed by atoms with van der Waals surface area (Å²) >= 11 is 3.18. The molecule has 1 aromatic rings. The summed E-state index contributed by atoms with van der Waals surface area (Å²) in [5.74, 6) is -0.0455. The van der Waals surface area contributed by atoms with Crippen molar-refractivity contribution in [2.75, 3.05) is 0 Å². The fourth-order valence-electron chi connectivity index (χ4n) is 1.13. The summed E-state index contributed by atoms with van der Waals surface area (Å²) in [5.41, 5.74) is 5.72. The number of furan rings is 1. The van der Waals surface area contributed by atoms with E-state index in [1.165, 1.54) is 0 Å². The molecule has 0 saturated carbocycles. The number of aliphatic carboxylic acids is 1. The number of carboxylic acids is 1. The van der Waals surface area contributed by atoms with Crippen LogP contribution in [0.5, 0.6) is 0 Å². The molecule has 1 rings (SSSR count). The van der Waals surface area contributed by atoms with Crippen molar-refractivity contribution in [2.45, 2.75) is 25.3 Å². The number of carbonyl (C=O) groups is 1. The van der Waals surface area contributed by atoms with Crippen molar-refractivity contribution < 1.29 is 14.3 Å². The number of halogens is 1. The highest BCUT2D eigenvalue weighted by molar-refractivity contribution is 9.10. The molecule has 4 nitrogen and oxygen atoms in total. The van der Waals surface area contributed by atoms with Gasteiger partial charge in [-0.05, 0) is 34.5 Å². The number of hydrogen-bond acceptors (Lipinski definition) is 3. The minimum Gasteiger partial charge on any atom is -0.481 e. The molecule has 0 aliphatic carbocycles. The van der Waals surface area contributed by atoms with Gasteiger partial charge in [-0.1, -0.05) is 0 Å². The molecular formula is C9H12BrNO3. The monoisotopic (exact) mass is 261 g/mol. The highest BCUT2D eigenvalue weighted by Gasteiger charge is 2.09. The first-order valence-electron chi connectivity index (χ1n) is 4.29. The van der Waals surface area contributed by atoms with Crippen molar-refractivity contribution in [1.29, 1.82) is 0 Å². The van der Waals surface area contributed by atoms with Crippen LogP contribution < -0.4 is 5.73 Å². The van der Waals surface area contributed by atoms with Crippen LogP contribution in [0, 0.1) is 0 Å². The smallest absolute Gasteiger partial charge is 0.303 e. The maximum Gasteiger partial charge on any atom is 0.303 e. The van der Waals surface area contributed by atoms with Gasteiger partial charge >= 0.3 is 5.97 Å². The Morgan fingerprint density at radius 3 is 2.86 bits per heavy atom. The summed E-state index contributed by atoms with van der Waals surface area (Å²) in [6.45, 7) is 0. The minimum absolute atomic E-state index is 0.100. The average molecular weight is 262 g/mol. The van der Waals surface area contributed by atoms with Crippen molar-refractivity contribution in [2.24, 2.45) is 5.73 Å². The van der Waals surface area contributed by atoms with Crippen LogP contribution in [0.15, 0.2) is 21.2 Å². The summed E-state index contributed by atoms with van der Waals surface area (Å²) in [6, 6.07) is 3.45. The van der Waals surface area contributed by atoms with Crippen LogP contribution in [0.4, 0.5) is 0 Å². The van der Waals surface area contributed by atoms with Crippen LogP contribution in [0.2, 0.25) is 0 Å². The zero-order valence-corrected chi connectivity index (χ0v) is 9.16. The van der Waals surface area contributed by atoms with E-state index >= 15 is 0 Å². The molecular weight excluding hydrogens is 250 g/mol. The van der Waals surface area contributed by atoms with E-state index in [-0.39, 0.29) is 12.5 Å². The van der Waals surface area contributed by atoms with E-state index in [4.69, 9.17) is 15.3 Å². The number of rotatable bonds is 5. The van der Waals surface area contributed by atoms with Crippen LogP contribution in [0.25, 0.3) is 0 Å². The second-order valence-electron chi connectivity index (χ2n) is 3.10. The molecule has 1 atom stereocenters. The van der Waals surface area contributed by atoms with Crippen LogP contribution in [-0.2, 0) is 11.2 Å². The van der Waals surface area contributed by atoms with Gasteiger partial charge < -0.3 is 15.3 Å². The van der Waals surface area contributed by atoms with Gasteiger partial charge in [0.05, 0.1) is 0 Å². The standard InChI is InChI=1S/C9H12BrNO3/c10-8-3-2-7(14-8)5-6(11)1-4-9(12)13/h2-3,6H,1,4-5,11H2,(H,12,13). The quantitative estimate of drug-likeness (QED) is 0.847. The highest BCUT2D eigenvalue weighted by Crippen LogP contribution is 2.15. The molecule has 0 amide bonds. The molecule has 0 radical (unpaired) electrons. The first-order valence-corrected chi connectivity index (χ1v) is 5.09. The Kier molecular flexibility index (Phi) is 4.16. The molecule has 0 fully saturated rings. The van der Waals surface area contributed by atoms with Gasteiger partial charge in [-0.2, -0.15) is 0 Å². The zero-order chi connectivity index (χ0) is 10.6. The second-order valence-corrected chi connectivity index (χ2v) is 3.88. The molecule has 5 heteroatoms. The largest absolute Gasteiger partial charge is 0.481 e. The van der Waals surface area contributed by atoms with Gasteiger partial charge in [0.25, 0.3) is 0 Å². The predicted octanol–water partition coefficient (Wildman–Crippen LogP) is 1.78. The summed E-state index contributed by atoms with van der Waals surface area (Å²) in [4.78, 5) is 10.3. The van der Waals surface area contributed by atoms with E-state index in [2.05, 4.69) is 15.9 Å². The lowest BCUT2D eigenvalue weighted by molar-refractivity contribution is -0.137. The Balaban J connectivity index is 2.33. The lowest BCUT2D eigenvalue weighted by Crippen LogP contribution is -2.23. The van der Waals surface area contributed by atoms with Crippen molar-refractivity contribution in [1.82, 2.24) is 0 Å². The molecule has 0 aromatic carbocycles. The topological polar surface area (TPSA) is 76.5 Å². The zero-order valence-electron chi connectivity index (χ0n) is 7.57. The third-order valence-electron chi connectivity index (χ3n) is 1.82. The summed E-state index contributed by atoms with van der Waals surface area (Å²) in [5, 5.41) is 8.45. The van der Waals surface area contributed by atoms with Gasteiger partial charge in [0.15, 0.2) is 4.67 Å². The van der Waals surface area contributed by atoms with E-state index in [0.29, 0.717) is 17.5 Å². The Morgan fingerprint density at radius 1 is 1.64 bits per heavy atom. The second kappa shape index (κ2) is 5.17. The SMILES string of the molecule is NC(CCC(=O)O)Cc1ccc(Br)o1. The number of nitrogens with two attached hydrogens (primary N) is 1. The third kappa shape index (κ3) is 3.93. The van der Waals surface area contributed by atoms with E-state index in [9.17, 15) is 4.79 Å². The van der Waals surface area contributed by atoms with Crippen LogP contribution in [-0.4, -0.2) is 17.1 Å². The lowest BCUT2D eigenvalue weighted by atomic mass is 10.1. The molecule has 1 aromatic heterocycles. The normalized spacial score (nSPS) is 12.7. The van der Waals surface area contributed by atoms with E-state index in [0.717, 1.165) is 5.76 Å². The van der Waals surface area contributed by atoms with Gasteiger partial charge in [-0.25, -0.2) is 0 Å². The molecule has 14 heavy (non-hydrogen) atoms. The van der Waals surface area contributed by atoms with Crippen LogP contribution >= 0.6 is 15.9 Å². The molecule has 3 N–H and O–H groups in total. The fraction of sp³-hybridized carbons (Fsp3) is 0.444. The minimum atomic E-state index is -0.818. The van der Waals surface area contributed by atoms with Crippen molar-refractivity contribution in [3.8, 4) is 0 Å². The third-order valence-corrected chi connectivity index (χ3v) is 2.25. The van der Waals surface area contributed by atoms with Crippen LogP contribution in [0.1, 0.15) is 18.6 Å². The summed E-state index contributed by atoms with van der Waals surface area (Å²) < 4.78 is 5.91. The highest BCUT2D eigenvalue weighted by atomic mass is 79.9. The summed E-state index contributed by atoms with van der Waals surface area (Å²) in [6.07, 6.45) is 1.13. The van der Waals surface area contributed by atoms with Gasteiger partial charge in [0, 0.05) is 18.9 Å². The maximum atomic E-state index is 10.3. The Bertz CT molecular complexity index is 311. The van der Waals surface area contributed by atoms with Crippen LogP contribution in [0.3, 0.4) is 0 Å². The van der Waals surface area contributed by atoms with Gasteiger partial charge in [-0.15, -0.1) is 0 Å². The molecule has 0 bridgehead atoms. The van der Waals surface area contributed by atoms with E-state index in [1.54, 1.807) is 6.07 Å². The molecule has 0 aliphatic heterocycles. The molecule has 1 unspecified atom stereocenters. The van der Waals surface area contributed by atoms with Gasteiger partial charge in [0.2, 0.25) is 0 Å². The van der Waals surface area contributed by atoms with Gasteiger partial charge in [-0.3, -0.25) is 4.79 Å². The van der Waals surface area contributed by atoms with Gasteiger partial charge in [0.1, 0.15) is 5.76 Å². The van der Waals surface area contributed by atoms with Crippen molar-refractivity contribution in [3.63, 3.8) is 0 Å².